The van der Waals surface area contributed by atoms with Crippen molar-refractivity contribution in [3.8, 4) is 0 Å². The number of thiophene rings is 1. The molecule has 138 valence electrons. The second-order valence-corrected chi connectivity index (χ2v) is 8.00. The third-order valence-corrected chi connectivity index (χ3v) is 4.11. The lowest BCUT2D eigenvalue weighted by atomic mass is 10.1. The number of likely N-dealkylation sites (N-methyl/N-ethyl adjacent to an activating group) is 1. The fraction of sp³-hybridized carbons (Fsp3) is 0.647. The van der Waals surface area contributed by atoms with Crippen LogP contribution in [-0.2, 0) is 11.2 Å². The van der Waals surface area contributed by atoms with Gasteiger partial charge in [-0.2, -0.15) is 0 Å². The minimum absolute atomic E-state index is 0. The number of rotatable bonds is 6. The molecule has 0 aromatic carbocycles. The number of halogens is 1. The molecule has 0 radical (unpaired) electrons. The van der Waals surface area contributed by atoms with Crippen LogP contribution in [0.5, 0.6) is 0 Å². The van der Waals surface area contributed by atoms with E-state index in [9.17, 15) is 4.79 Å². The Morgan fingerprint density at radius 2 is 2.08 bits per heavy atom. The normalized spacial score (nSPS) is 13.0. The minimum Gasteiger partial charge on any atom is -0.356 e. The third kappa shape index (κ3) is 9.46. The van der Waals surface area contributed by atoms with E-state index in [1.54, 1.807) is 18.4 Å². The maximum absolute atomic E-state index is 12.0. The third-order valence-electron chi connectivity index (χ3n) is 3.21. The molecule has 0 saturated carbocycles. The van der Waals surface area contributed by atoms with Crippen molar-refractivity contribution in [3.63, 3.8) is 0 Å². The smallest absolute Gasteiger partial charge is 0.240 e. The van der Waals surface area contributed by atoms with Gasteiger partial charge in [0.2, 0.25) is 5.91 Å². The van der Waals surface area contributed by atoms with E-state index in [2.05, 4.69) is 40.1 Å². The monoisotopic (exact) mass is 466 g/mol. The van der Waals surface area contributed by atoms with Gasteiger partial charge in [0.05, 0.1) is 6.54 Å². The predicted octanol–water partition coefficient (Wildman–Crippen LogP) is 2.97. The summed E-state index contributed by atoms with van der Waals surface area (Å²) in [5, 5.41) is 8.42. The Kier molecular flexibility index (Phi) is 10.5. The first kappa shape index (κ1) is 23.2. The molecule has 1 atom stereocenters. The summed E-state index contributed by atoms with van der Waals surface area (Å²) in [4.78, 5) is 19.5. The molecule has 0 fully saturated rings. The molecule has 1 unspecified atom stereocenters. The van der Waals surface area contributed by atoms with Crippen LogP contribution in [0.2, 0.25) is 0 Å². The molecular weight excluding hydrogens is 435 g/mol. The summed E-state index contributed by atoms with van der Waals surface area (Å²) >= 11 is 1.79. The average molecular weight is 466 g/mol. The van der Waals surface area contributed by atoms with Gasteiger partial charge in [0.25, 0.3) is 0 Å². The molecule has 0 aliphatic heterocycles. The van der Waals surface area contributed by atoms with E-state index >= 15 is 0 Å². The van der Waals surface area contributed by atoms with Crippen molar-refractivity contribution >= 4 is 47.2 Å². The minimum atomic E-state index is -0.218. The second-order valence-electron chi connectivity index (χ2n) is 6.97. The molecule has 1 heterocycles. The van der Waals surface area contributed by atoms with E-state index in [0.717, 1.165) is 18.9 Å². The predicted molar refractivity (Wildman–Crippen MR) is 114 cm³/mol. The lowest BCUT2D eigenvalue weighted by Gasteiger charge is -2.26. The lowest BCUT2D eigenvalue weighted by Crippen LogP contribution is -2.49. The molecular formula is C17H31IN4OS. The Labute approximate surface area is 167 Å². The van der Waals surface area contributed by atoms with Crippen LogP contribution in [0.15, 0.2) is 22.5 Å². The second kappa shape index (κ2) is 10.9. The quantitative estimate of drug-likeness (QED) is 0.385. The molecule has 0 aliphatic carbocycles. The van der Waals surface area contributed by atoms with Crippen molar-refractivity contribution < 1.29 is 4.79 Å². The first-order valence-corrected chi connectivity index (χ1v) is 8.84. The molecule has 5 nitrogen and oxygen atoms in total. The Morgan fingerprint density at radius 1 is 1.42 bits per heavy atom. The number of nitrogens with one attached hydrogen (secondary N) is 2. The van der Waals surface area contributed by atoms with Crippen molar-refractivity contribution in [2.24, 2.45) is 10.9 Å². The van der Waals surface area contributed by atoms with Crippen molar-refractivity contribution in [1.29, 1.82) is 0 Å². The average Bonchev–Trinajstić information content (AvgIpc) is 2.89. The van der Waals surface area contributed by atoms with Gasteiger partial charge >= 0.3 is 0 Å². The number of carbonyl (C=O) groups excluding carboxylic acids is 1. The summed E-state index contributed by atoms with van der Waals surface area (Å²) in [6, 6.07) is 4.25. The number of nitrogens with zero attached hydrogens (tertiary/aromatic N) is 2. The van der Waals surface area contributed by atoms with Crippen molar-refractivity contribution in [1.82, 2.24) is 15.5 Å². The molecule has 1 amide bonds. The highest BCUT2D eigenvalue weighted by atomic mass is 127. The summed E-state index contributed by atoms with van der Waals surface area (Å²) in [5.74, 6) is 1.24. The van der Waals surface area contributed by atoms with Crippen LogP contribution < -0.4 is 10.6 Å². The Bertz CT molecular complexity index is 511. The summed E-state index contributed by atoms with van der Waals surface area (Å²) in [7, 11) is 3.62. The van der Waals surface area contributed by atoms with Crippen molar-refractivity contribution in [2.45, 2.75) is 39.7 Å². The summed E-state index contributed by atoms with van der Waals surface area (Å²) in [5.41, 5.74) is -0.218. The van der Waals surface area contributed by atoms with E-state index in [1.165, 1.54) is 4.88 Å². The van der Waals surface area contributed by atoms with E-state index < -0.39 is 0 Å². The molecule has 7 heteroatoms. The molecule has 0 bridgehead atoms. The number of carbonyl (C=O) groups is 1. The molecule has 0 saturated heterocycles. The highest BCUT2D eigenvalue weighted by Gasteiger charge is 2.17. The van der Waals surface area contributed by atoms with Gasteiger partial charge in [-0.3, -0.25) is 9.79 Å². The topological polar surface area (TPSA) is 56.7 Å². The standard InChI is InChI=1S/C17H30N4OS.HI/c1-13(10-14-8-7-9-23-14)11-19-16(18-5)21(6)12-15(22)20-17(2,3)4;/h7-9,13H,10-12H2,1-6H3,(H,18,19)(H,20,22);1H. The number of amides is 1. The van der Waals surface area contributed by atoms with Crippen molar-refractivity contribution in [3.05, 3.63) is 22.4 Å². The first-order chi connectivity index (χ1) is 10.7. The molecule has 0 aliphatic rings. The fourth-order valence-corrected chi connectivity index (χ4v) is 3.11. The highest BCUT2D eigenvalue weighted by molar-refractivity contribution is 14.0. The Morgan fingerprint density at radius 3 is 2.58 bits per heavy atom. The number of guanidine groups is 1. The van der Waals surface area contributed by atoms with E-state index in [4.69, 9.17) is 0 Å². The SMILES string of the molecule is CN=C(NCC(C)Cc1cccs1)N(C)CC(=O)NC(C)(C)C.I. The van der Waals surface area contributed by atoms with Gasteiger partial charge in [-0.25, -0.2) is 0 Å². The lowest BCUT2D eigenvalue weighted by molar-refractivity contribution is -0.122. The van der Waals surface area contributed by atoms with Gasteiger partial charge in [0.15, 0.2) is 5.96 Å². The zero-order valence-electron chi connectivity index (χ0n) is 15.5. The highest BCUT2D eigenvalue weighted by Crippen LogP contribution is 2.13. The largest absolute Gasteiger partial charge is 0.356 e. The zero-order chi connectivity index (χ0) is 17.5. The summed E-state index contributed by atoms with van der Waals surface area (Å²) < 4.78 is 0. The van der Waals surface area contributed by atoms with E-state index in [1.807, 2.05) is 32.7 Å². The molecule has 2 N–H and O–H groups in total. The maximum Gasteiger partial charge on any atom is 0.240 e. The molecule has 24 heavy (non-hydrogen) atoms. The van der Waals surface area contributed by atoms with Crippen molar-refractivity contribution in [2.75, 3.05) is 27.2 Å². The van der Waals surface area contributed by atoms with Crippen LogP contribution in [0.25, 0.3) is 0 Å². The Balaban J connectivity index is 0.00000529. The molecule has 1 rings (SSSR count). The van der Waals surface area contributed by atoms with Gasteiger partial charge in [0, 0.05) is 31.1 Å². The zero-order valence-corrected chi connectivity index (χ0v) is 18.7. The van der Waals surface area contributed by atoms with Gasteiger partial charge in [-0.1, -0.05) is 13.0 Å². The maximum atomic E-state index is 12.0. The fourth-order valence-electron chi connectivity index (χ4n) is 2.24. The summed E-state index contributed by atoms with van der Waals surface area (Å²) in [6.45, 7) is 9.26. The number of aliphatic imine (C=N–C) groups is 1. The van der Waals surface area contributed by atoms with Crippen LogP contribution in [-0.4, -0.2) is 49.5 Å². The van der Waals surface area contributed by atoms with Crippen LogP contribution in [0.4, 0.5) is 0 Å². The molecule has 0 spiro atoms. The van der Waals surface area contributed by atoms with Crippen LogP contribution >= 0.6 is 35.3 Å². The van der Waals surface area contributed by atoms with Gasteiger partial charge in [0.1, 0.15) is 0 Å². The molecule has 1 aromatic rings. The van der Waals surface area contributed by atoms with Gasteiger partial charge in [-0.15, -0.1) is 35.3 Å². The first-order valence-electron chi connectivity index (χ1n) is 7.96. The van der Waals surface area contributed by atoms with E-state index in [-0.39, 0.29) is 42.0 Å². The van der Waals surface area contributed by atoms with Crippen LogP contribution in [0.1, 0.15) is 32.6 Å². The van der Waals surface area contributed by atoms with Gasteiger partial charge < -0.3 is 15.5 Å². The number of hydrogen-bond acceptors (Lipinski definition) is 3. The summed E-state index contributed by atoms with van der Waals surface area (Å²) in [6.07, 6.45) is 1.05. The van der Waals surface area contributed by atoms with Gasteiger partial charge in [-0.05, 0) is 44.6 Å². The van der Waals surface area contributed by atoms with Crippen LogP contribution in [0.3, 0.4) is 0 Å². The van der Waals surface area contributed by atoms with Crippen LogP contribution in [0, 0.1) is 5.92 Å². The van der Waals surface area contributed by atoms with E-state index in [0.29, 0.717) is 5.92 Å². The molecule has 1 aromatic heterocycles. The number of hydrogen-bond donors (Lipinski definition) is 2. The Hall–Kier alpha value is -0.830.